The maximum absolute atomic E-state index is 12.2. The Balaban J connectivity index is 3.60. The largest absolute Gasteiger partial charge is 0.457 e. The molecule has 0 spiro atoms. The summed E-state index contributed by atoms with van der Waals surface area (Å²) < 4.78 is 11.2. The van der Waals surface area contributed by atoms with Gasteiger partial charge in [-0.15, -0.1) is 0 Å². The van der Waals surface area contributed by atoms with Crippen molar-refractivity contribution in [1.82, 2.24) is 0 Å². The van der Waals surface area contributed by atoms with Gasteiger partial charge in [0.25, 0.3) is 0 Å². The third kappa shape index (κ3) is 46.8. The van der Waals surface area contributed by atoms with E-state index in [1.54, 1.807) is 0 Å². The van der Waals surface area contributed by atoms with Crippen LogP contribution in [0.25, 0.3) is 0 Å². The zero-order valence-electron chi connectivity index (χ0n) is 36.5. The monoisotopic (exact) mass is 785 g/mol. The molecule has 0 radical (unpaired) electrons. The highest BCUT2D eigenvalue weighted by atomic mass is 16.6. The molecule has 0 aromatic carbocycles. The van der Waals surface area contributed by atoms with Crippen LogP contribution in [-0.4, -0.2) is 37.0 Å². The van der Waals surface area contributed by atoms with E-state index >= 15 is 0 Å². The van der Waals surface area contributed by atoms with Crippen LogP contribution in [0, 0.1) is 0 Å². The Bertz CT molecular complexity index is 1190. The highest BCUT2D eigenvalue weighted by Gasteiger charge is 2.13. The van der Waals surface area contributed by atoms with Crippen molar-refractivity contribution in [2.24, 2.45) is 0 Å². The number of ether oxygens (including phenoxy) is 2. The normalized spacial score (nSPS) is 13.7. The number of aliphatic hydroxyl groups excluding tert-OH is 1. The van der Waals surface area contributed by atoms with E-state index in [9.17, 15) is 9.90 Å². The first kappa shape index (κ1) is 53.5. The second-order valence-corrected chi connectivity index (χ2v) is 14.4. The third-order valence-corrected chi connectivity index (χ3v) is 8.97. The summed E-state index contributed by atoms with van der Waals surface area (Å²) in [7, 11) is 0. The number of aliphatic hydroxyl groups is 1. The molecule has 320 valence electrons. The van der Waals surface area contributed by atoms with Gasteiger partial charge >= 0.3 is 5.97 Å². The van der Waals surface area contributed by atoms with Crippen molar-refractivity contribution in [3.05, 3.63) is 134 Å². The van der Waals surface area contributed by atoms with Crippen molar-refractivity contribution in [2.45, 2.75) is 174 Å². The average Bonchev–Trinajstić information content (AvgIpc) is 3.22. The molecule has 0 aromatic rings. The molecular formula is C53H84O4. The lowest BCUT2D eigenvalue weighted by molar-refractivity contribution is -0.154. The first-order valence-electron chi connectivity index (χ1n) is 22.8. The fourth-order valence-electron chi connectivity index (χ4n) is 5.65. The summed E-state index contributed by atoms with van der Waals surface area (Å²) in [5.41, 5.74) is 0. The highest BCUT2D eigenvalue weighted by Crippen LogP contribution is 2.10. The number of hydrogen-bond donors (Lipinski definition) is 1. The summed E-state index contributed by atoms with van der Waals surface area (Å²) in [5, 5.41) is 9.62. The molecule has 0 aliphatic rings. The van der Waals surface area contributed by atoms with Crippen LogP contribution < -0.4 is 0 Å². The van der Waals surface area contributed by atoms with Gasteiger partial charge in [0, 0.05) is 13.0 Å². The summed E-state index contributed by atoms with van der Waals surface area (Å²) in [6.07, 6.45) is 73.7. The summed E-state index contributed by atoms with van der Waals surface area (Å²) in [6, 6.07) is 0. The van der Waals surface area contributed by atoms with Crippen LogP contribution in [0.4, 0.5) is 0 Å². The molecule has 0 bridgehead atoms. The molecule has 4 nitrogen and oxygen atoms in total. The van der Waals surface area contributed by atoms with Crippen molar-refractivity contribution >= 4 is 5.97 Å². The van der Waals surface area contributed by atoms with Crippen molar-refractivity contribution in [1.29, 1.82) is 0 Å². The number of esters is 1. The van der Waals surface area contributed by atoms with Crippen LogP contribution >= 0.6 is 0 Å². The fourth-order valence-corrected chi connectivity index (χ4v) is 5.65. The predicted octanol–water partition coefficient (Wildman–Crippen LogP) is 15.4. The standard InChI is InChI=1S/C53H84O4/c1-3-5-7-9-11-13-15-17-19-21-23-25-26-27-29-31-33-35-37-39-41-43-45-47-49-56-51-52(50-54)57-53(55)48-46-44-42-40-38-36-34-32-30-28-24-22-20-18-16-14-12-10-8-6-4-2/h5-8,11-14,17-20,23-25,27-29,32-35,52,54H,3-4,9-10,15-16,21-22,26,30-31,36-51H2,1-2H3/b7-5-,8-6-,13-11-,14-12-,19-17-,20-18-,25-23-,28-24-,29-27-,34-32-,35-33-. The minimum Gasteiger partial charge on any atom is -0.457 e. The molecule has 0 aliphatic heterocycles. The van der Waals surface area contributed by atoms with E-state index in [1.165, 1.54) is 32.1 Å². The molecule has 0 fully saturated rings. The number of rotatable bonds is 40. The average molecular weight is 785 g/mol. The van der Waals surface area contributed by atoms with Gasteiger partial charge in [-0.1, -0.05) is 186 Å². The Labute approximate surface area is 351 Å². The molecule has 0 rings (SSSR count). The molecule has 0 amide bonds. The number of allylic oxidation sites excluding steroid dienone is 22. The van der Waals surface area contributed by atoms with Gasteiger partial charge in [0.1, 0.15) is 6.10 Å². The molecular weight excluding hydrogens is 701 g/mol. The minimum atomic E-state index is -0.567. The van der Waals surface area contributed by atoms with Crippen LogP contribution in [0.3, 0.4) is 0 Å². The Kier molecular flexibility index (Phi) is 45.7. The van der Waals surface area contributed by atoms with Crippen molar-refractivity contribution < 1.29 is 19.4 Å². The fraction of sp³-hybridized carbons (Fsp3) is 0.566. The van der Waals surface area contributed by atoms with Crippen LogP contribution in [0.15, 0.2) is 134 Å². The SMILES string of the molecule is CC/C=C\C/C=C\C/C=C\C/C=C\C/C=C\C/C=C\CCCCCCCOCC(CO)OC(=O)CCCCCCC/C=C\C/C=C\C/C=C\C/C=C\C/C=C\CC. The third-order valence-electron chi connectivity index (χ3n) is 8.97. The van der Waals surface area contributed by atoms with Gasteiger partial charge in [-0.25, -0.2) is 0 Å². The van der Waals surface area contributed by atoms with E-state index in [0.29, 0.717) is 13.0 Å². The molecule has 1 unspecified atom stereocenters. The van der Waals surface area contributed by atoms with Crippen molar-refractivity contribution in [3.63, 3.8) is 0 Å². The van der Waals surface area contributed by atoms with Crippen LogP contribution in [0.1, 0.15) is 168 Å². The van der Waals surface area contributed by atoms with Gasteiger partial charge < -0.3 is 14.6 Å². The van der Waals surface area contributed by atoms with E-state index in [-0.39, 0.29) is 19.2 Å². The lowest BCUT2D eigenvalue weighted by Crippen LogP contribution is -2.27. The van der Waals surface area contributed by atoms with E-state index in [2.05, 4.69) is 148 Å². The van der Waals surface area contributed by atoms with Gasteiger partial charge in [-0.2, -0.15) is 0 Å². The van der Waals surface area contributed by atoms with E-state index < -0.39 is 6.10 Å². The molecule has 0 heterocycles. The number of hydrogen-bond acceptors (Lipinski definition) is 4. The van der Waals surface area contributed by atoms with Gasteiger partial charge in [0.2, 0.25) is 0 Å². The second kappa shape index (κ2) is 48.7. The number of carbonyl (C=O) groups is 1. The maximum atomic E-state index is 12.2. The summed E-state index contributed by atoms with van der Waals surface area (Å²) in [6.45, 7) is 5.03. The summed E-state index contributed by atoms with van der Waals surface area (Å²) >= 11 is 0. The maximum Gasteiger partial charge on any atom is 0.306 e. The Morgan fingerprint density at radius 1 is 0.421 bits per heavy atom. The van der Waals surface area contributed by atoms with E-state index in [4.69, 9.17) is 9.47 Å². The number of unbranched alkanes of at least 4 members (excludes halogenated alkanes) is 10. The van der Waals surface area contributed by atoms with Crippen molar-refractivity contribution in [3.8, 4) is 0 Å². The summed E-state index contributed by atoms with van der Waals surface area (Å²) in [4.78, 5) is 12.2. The second-order valence-electron chi connectivity index (χ2n) is 14.4. The molecule has 57 heavy (non-hydrogen) atoms. The zero-order valence-corrected chi connectivity index (χ0v) is 36.5. The molecule has 1 atom stereocenters. The predicted molar refractivity (Wildman–Crippen MR) is 250 cm³/mol. The van der Waals surface area contributed by atoms with Gasteiger partial charge in [-0.3, -0.25) is 4.79 Å². The van der Waals surface area contributed by atoms with Gasteiger partial charge in [-0.05, 0) is 109 Å². The van der Waals surface area contributed by atoms with Crippen LogP contribution in [0.5, 0.6) is 0 Å². The Morgan fingerprint density at radius 2 is 0.737 bits per heavy atom. The highest BCUT2D eigenvalue weighted by molar-refractivity contribution is 5.69. The quantitative estimate of drug-likeness (QED) is 0.0382. The molecule has 0 aliphatic carbocycles. The number of carbonyl (C=O) groups excluding carboxylic acids is 1. The lowest BCUT2D eigenvalue weighted by Gasteiger charge is -2.15. The lowest BCUT2D eigenvalue weighted by atomic mass is 10.1. The van der Waals surface area contributed by atoms with Gasteiger partial charge in [0.05, 0.1) is 13.2 Å². The van der Waals surface area contributed by atoms with Gasteiger partial charge in [0.15, 0.2) is 0 Å². The topological polar surface area (TPSA) is 55.8 Å². The van der Waals surface area contributed by atoms with Crippen molar-refractivity contribution in [2.75, 3.05) is 19.8 Å². The zero-order chi connectivity index (χ0) is 41.2. The van der Waals surface area contributed by atoms with Crippen LogP contribution in [0.2, 0.25) is 0 Å². The minimum absolute atomic E-state index is 0.198. The van der Waals surface area contributed by atoms with Crippen LogP contribution in [-0.2, 0) is 14.3 Å². The Hall–Kier alpha value is -3.47. The summed E-state index contributed by atoms with van der Waals surface area (Å²) in [5.74, 6) is -0.233. The Morgan fingerprint density at radius 3 is 1.11 bits per heavy atom. The molecule has 0 saturated carbocycles. The van der Waals surface area contributed by atoms with E-state index in [0.717, 1.165) is 116 Å². The molecule has 4 heteroatoms. The van der Waals surface area contributed by atoms with E-state index in [1.807, 2.05) is 0 Å². The first-order valence-corrected chi connectivity index (χ1v) is 22.8. The molecule has 0 aromatic heterocycles. The smallest absolute Gasteiger partial charge is 0.306 e. The molecule has 0 saturated heterocycles. The molecule has 1 N–H and O–H groups in total. The first-order chi connectivity index (χ1) is 28.2.